The van der Waals surface area contributed by atoms with Crippen LogP contribution in [0.4, 0.5) is 0 Å². The molecule has 1 fully saturated rings. The van der Waals surface area contributed by atoms with Gasteiger partial charge in [0.05, 0.1) is 6.04 Å². The molecule has 2 aromatic rings. The lowest BCUT2D eigenvalue weighted by Crippen LogP contribution is -2.24. The molecule has 0 aliphatic heterocycles. The molecule has 2 aromatic carbocycles. The number of amidine groups is 1. The lowest BCUT2D eigenvalue weighted by molar-refractivity contribution is 0.233. The van der Waals surface area contributed by atoms with E-state index in [1.54, 1.807) is 0 Å². The van der Waals surface area contributed by atoms with Gasteiger partial charge in [0, 0.05) is 5.56 Å². The van der Waals surface area contributed by atoms with Gasteiger partial charge in [-0.2, -0.15) is 0 Å². The van der Waals surface area contributed by atoms with Crippen molar-refractivity contribution in [1.82, 2.24) is 5.48 Å². The van der Waals surface area contributed by atoms with Gasteiger partial charge >= 0.3 is 0 Å². The number of aryl methyl sites for hydroxylation is 1. The van der Waals surface area contributed by atoms with Crippen LogP contribution in [-0.4, -0.2) is 17.1 Å². The topological polar surface area (TPSA) is 44.6 Å². The average molecular weight is 308 g/mol. The normalized spacial score (nSPS) is 16.3. The molecule has 120 valence electrons. The van der Waals surface area contributed by atoms with E-state index in [9.17, 15) is 5.21 Å². The Hall–Kier alpha value is -2.13. The van der Waals surface area contributed by atoms with Gasteiger partial charge < -0.3 is 0 Å². The van der Waals surface area contributed by atoms with Crippen LogP contribution < -0.4 is 5.48 Å². The van der Waals surface area contributed by atoms with Crippen molar-refractivity contribution >= 4 is 5.84 Å². The molecule has 3 nitrogen and oxygen atoms in total. The molecule has 1 aliphatic rings. The van der Waals surface area contributed by atoms with Gasteiger partial charge in [0.25, 0.3) is 0 Å². The molecule has 0 unspecified atom stereocenters. The Morgan fingerprint density at radius 1 is 1.00 bits per heavy atom. The Morgan fingerprint density at radius 2 is 1.70 bits per heavy atom. The van der Waals surface area contributed by atoms with Crippen LogP contribution in [0.25, 0.3) is 11.1 Å². The Labute approximate surface area is 138 Å². The third kappa shape index (κ3) is 3.80. The molecule has 0 amide bonds. The van der Waals surface area contributed by atoms with E-state index in [1.807, 2.05) is 18.2 Å². The first kappa shape index (κ1) is 15.8. The van der Waals surface area contributed by atoms with Gasteiger partial charge in [-0.15, -0.1) is 0 Å². The minimum absolute atomic E-state index is 0.310. The first-order valence-corrected chi connectivity index (χ1v) is 8.42. The van der Waals surface area contributed by atoms with E-state index in [2.05, 4.69) is 42.7 Å². The molecule has 0 spiro atoms. The van der Waals surface area contributed by atoms with Gasteiger partial charge in [0.2, 0.25) is 0 Å². The Bertz CT molecular complexity index is 670. The molecule has 1 saturated carbocycles. The predicted molar refractivity (Wildman–Crippen MR) is 94.9 cm³/mol. The molecule has 0 bridgehead atoms. The zero-order valence-corrected chi connectivity index (χ0v) is 13.6. The fraction of sp³-hybridized carbons (Fsp3) is 0.350. The molecule has 0 heterocycles. The van der Waals surface area contributed by atoms with E-state index in [4.69, 9.17) is 4.99 Å². The Morgan fingerprint density at radius 3 is 2.39 bits per heavy atom. The van der Waals surface area contributed by atoms with Crippen LogP contribution in [0.1, 0.15) is 43.2 Å². The molecule has 0 atom stereocenters. The van der Waals surface area contributed by atoms with Crippen LogP contribution in [0.3, 0.4) is 0 Å². The van der Waals surface area contributed by atoms with Crippen molar-refractivity contribution in [3.63, 3.8) is 0 Å². The number of rotatable bonds is 3. The zero-order chi connectivity index (χ0) is 16.1. The molecular formula is C20H24N2O. The van der Waals surface area contributed by atoms with Gasteiger partial charge in [-0.3, -0.25) is 15.7 Å². The van der Waals surface area contributed by atoms with Crippen LogP contribution in [0.15, 0.2) is 53.5 Å². The number of hydrogen-bond acceptors (Lipinski definition) is 2. The van der Waals surface area contributed by atoms with Crippen molar-refractivity contribution in [2.24, 2.45) is 4.99 Å². The lowest BCUT2D eigenvalue weighted by atomic mass is 9.95. The second kappa shape index (κ2) is 7.42. The zero-order valence-electron chi connectivity index (χ0n) is 13.6. The lowest BCUT2D eigenvalue weighted by Gasteiger charge is -2.20. The number of hydrogen-bond donors (Lipinski definition) is 2. The standard InChI is InChI=1S/C20H24N2O/c1-15-11-13-16(14-12-15)18-9-5-6-10-19(18)20(22-23)21-17-7-3-2-4-8-17/h5-6,9-14,17,23H,2-4,7-8H2,1H3,(H,21,22). The minimum atomic E-state index is 0.310. The summed E-state index contributed by atoms with van der Waals surface area (Å²) in [4.78, 5) is 4.78. The first-order chi connectivity index (χ1) is 11.3. The average Bonchev–Trinajstić information content (AvgIpc) is 2.61. The van der Waals surface area contributed by atoms with Crippen LogP contribution in [0.2, 0.25) is 0 Å². The van der Waals surface area contributed by atoms with Crippen molar-refractivity contribution in [2.75, 3.05) is 0 Å². The summed E-state index contributed by atoms with van der Waals surface area (Å²) in [6.45, 7) is 2.08. The van der Waals surface area contributed by atoms with Gasteiger partial charge in [-0.1, -0.05) is 73.4 Å². The summed E-state index contributed by atoms with van der Waals surface area (Å²) >= 11 is 0. The second-order valence-corrected chi connectivity index (χ2v) is 6.29. The molecule has 0 radical (unpaired) electrons. The summed E-state index contributed by atoms with van der Waals surface area (Å²) in [7, 11) is 0. The summed E-state index contributed by atoms with van der Waals surface area (Å²) < 4.78 is 0. The summed E-state index contributed by atoms with van der Waals surface area (Å²) in [5.41, 5.74) is 6.75. The van der Waals surface area contributed by atoms with E-state index >= 15 is 0 Å². The molecule has 23 heavy (non-hydrogen) atoms. The number of nitrogens with one attached hydrogen (secondary N) is 1. The fourth-order valence-electron chi connectivity index (χ4n) is 3.23. The predicted octanol–water partition coefficient (Wildman–Crippen LogP) is 4.72. The summed E-state index contributed by atoms with van der Waals surface area (Å²) in [5, 5.41) is 9.64. The maximum atomic E-state index is 9.64. The third-order valence-electron chi connectivity index (χ3n) is 4.54. The largest absolute Gasteiger partial charge is 0.290 e. The molecule has 1 aliphatic carbocycles. The van der Waals surface area contributed by atoms with Crippen LogP contribution in [0.5, 0.6) is 0 Å². The summed E-state index contributed by atoms with van der Waals surface area (Å²) in [6, 6.07) is 16.9. The highest BCUT2D eigenvalue weighted by molar-refractivity contribution is 6.04. The Kier molecular flexibility index (Phi) is 5.09. The van der Waals surface area contributed by atoms with Gasteiger partial charge in [0.1, 0.15) is 0 Å². The molecular weight excluding hydrogens is 284 g/mol. The molecule has 0 saturated heterocycles. The van der Waals surface area contributed by atoms with Crippen LogP contribution in [-0.2, 0) is 0 Å². The van der Waals surface area contributed by atoms with Gasteiger partial charge in [-0.05, 0) is 30.9 Å². The van der Waals surface area contributed by atoms with Crippen LogP contribution in [0, 0.1) is 6.92 Å². The number of benzene rings is 2. The van der Waals surface area contributed by atoms with E-state index in [0.29, 0.717) is 11.9 Å². The molecule has 2 N–H and O–H groups in total. The first-order valence-electron chi connectivity index (χ1n) is 8.42. The van der Waals surface area contributed by atoms with Crippen molar-refractivity contribution < 1.29 is 5.21 Å². The number of aliphatic imine (C=N–C) groups is 1. The number of nitrogens with zero attached hydrogens (tertiary/aromatic N) is 1. The summed E-state index contributed by atoms with van der Waals surface area (Å²) in [5.74, 6) is 0.577. The maximum absolute atomic E-state index is 9.64. The van der Waals surface area contributed by atoms with Crippen LogP contribution >= 0.6 is 0 Å². The maximum Gasteiger partial charge on any atom is 0.153 e. The Balaban J connectivity index is 1.97. The second-order valence-electron chi connectivity index (χ2n) is 6.29. The summed E-state index contributed by atoms with van der Waals surface area (Å²) in [6.07, 6.45) is 5.97. The quantitative estimate of drug-likeness (QED) is 0.489. The molecule has 3 rings (SSSR count). The van der Waals surface area contributed by atoms with E-state index in [1.165, 1.54) is 24.8 Å². The van der Waals surface area contributed by atoms with Crippen molar-refractivity contribution in [3.8, 4) is 11.1 Å². The highest BCUT2D eigenvalue weighted by Crippen LogP contribution is 2.26. The smallest absolute Gasteiger partial charge is 0.153 e. The van der Waals surface area contributed by atoms with E-state index in [0.717, 1.165) is 29.5 Å². The SMILES string of the molecule is Cc1ccc(-c2ccccc2C(=NC2CCCCC2)NO)cc1. The highest BCUT2D eigenvalue weighted by Gasteiger charge is 2.16. The minimum Gasteiger partial charge on any atom is -0.290 e. The van der Waals surface area contributed by atoms with Gasteiger partial charge in [0.15, 0.2) is 5.84 Å². The van der Waals surface area contributed by atoms with E-state index < -0.39 is 0 Å². The fourth-order valence-corrected chi connectivity index (χ4v) is 3.23. The van der Waals surface area contributed by atoms with E-state index in [-0.39, 0.29) is 0 Å². The number of hydroxylamine groups is 1. The molecule has 0 aromatic heterocycles. The monoisotopic (exact) mass is 308 g/mol. The van der Waals surface area contributed by atoms with Gasteiger partial charge in [-0.25, -0.2) is 0 Å². The van der Waals surface area contributed by atoms with Crippen molar-refractivity contribution in [2.45, 2.75) is 45.1 Å². The van der Waals surface area contributed by atoms with Crippen molar-refractivity contribution in [1.29, 1.82) is 0 Å². The highest BCUT2D eigenvalue weighted by atomic mass is 16.5. The van der Waals surface area contributed by atoms with Crippen molar-refractivity contribution in [3.05, 3.63) is 59.7 Å². The third-order valence-corrected chi connectivity index (χ3v) is 4.54. The molecule has 3 heteroatoms.